The monoisotopic (exact) mass is 364 g/mol. The van der Waals surface area contributed by atoms with E-state index in [1.807, 2.05) is 0 Å². The van der Waals surface area contributed by atoms with Crippen molar-refractivity contribution in [2.45, 2.75) is 68.8 Å². The summed E-state index contributed by atoms with van der Waals surface area (Å²) in [6.45, 7) is 4.25. The highest BCUT2D eigenvalue weighted by molar-refractivity contribution is 14.1. The second-order valence-corrected chi connectivity index (χ2v) is 7.92. The Hall–Kier alpha value is 0.200. The fourth-order valence-electron chi connectivity index (χ4n) is 3.29. The molecule has 1 heterocycles. The molecule has 2 aliphatic rings. The molecule has 0 amide bonds. The minimum atomic E-state index is 0.0420. The third kappa shape index (κ3) is 3.61. The van der Waals surface area contributed by atoms with E-state index in [0.29, 0.717) is 9.84 Å². The molecular weight excluding hydrogens is 339 g/mol. The van der Waals surface area contributed by atoms with E-state index in [9.17, 15) is 4.79 Å². The Bertz CT molecular complexity index is 284. The summed E-state index contributed by atoms with van der Waals surface area (Å²) in [5, 5.41) is 0. The molecular formula is C15H25IO2. The van der Waals surface area contributed by atoms with Gasteiger partial charge in [0, 0.05) is 3.92 Å². The third-order valence-electron chi connectivity index (χ3n) is 4.55. The van der Waals surface area contributed by atoms with Gasteiger partial charge in [0.2, 0.25) is 0 Å². The summed E-state index contributed by atoms with van der Waals surface area (Å²) in [6, 6.07) is 0. The Balaban J connectivity index is 1.82. The molecule has 2 nitrogen and oxygen atoms in total. The van der Waals surface area contributed by atoms with E-state index in [2.05, 4.69) is 36.4 Å². The van der Waals surface area contributed by atoms with Gasteiger partial charge in [-0.05, 0) is 24.7 Å². The molecule has 1 aliphatic carbocycles. The van der Waals surface area contributed by atoms with Gasteiger partial charge in [0.25, 0.3) is 0 Å². The van der Waals surface area contributed by atoms with Gasteiger partial charge in [0.15, 0.2) is 0 Å². The van der Waals surface area contributed by atoms with Crippen molar-refractivity contribution in [1.29, 1.82) is 0 Å². The van der Waals surface area contributed by atoms with E-state index in [1.165, 1.54) is 38.5 Å². The Morgan fingerprint density at radius 3 is 2.50 bits per heavy atom. The molecule has 0 aromatic carbocycles. The smallest absolute Gasteiger partial charge is 0.309 e. The summed E-state index contributed by atoms with van der Waals surface area (Å²) >= 11 is 2.51. The number of alkyl halides is 1. The van der Waals surface area contributed by atoms with Crippen LogP contribution >= 0.6 is 22.6 Å². The van der Waals surface area contributed by atoms with E-state index in [4.69, 9.17) is 4.74 Å². The number of rotatable bonds is 4. The largest absolute Gasteiger partial charge is 0.461 e. The van der Waals surface area contributed by atoms with Crippen LogP contribution in [0, 0.1) is 17.8 Å². The molecule has 104 valence electrons. The normalized spacial score (nSPS) is 31.7. The molecule has 1 saturated carbocycles. The maximum absolute atomic E-state index is 11.8. The molecule has 0 radical (unpaired) electrons. The van der Waals surface area contributed by atoms with Gasteiger partial charge in [0.1, 0.15) is 6.10 Å². The highest BCUT2D eigenvalue weighted by Crippen LogP contribution is 2.36. The highest BCUT2D eigenvalue weighted by Gasteiger charge is 2.39. The van der Waals surface area contributed by atoms with Crippen LogP contribution < -0.4 is 0 Å². The first-order valence-electron chi connectivity index (χ1n) is 7.42. The third-order valence-corrected chi connectivity index (χ3v) is 5.86. The fraction of sp³-hybridized carbons (Fsp3) is 0.933. The van der Waals surface area contributed by atoms with E-state index in [-0.39, 0.29) is 18.0 Å². The molecule has 18 heavy (non-hydrogen) atoms. The van der Waals surface area contributed by atoms with Crippen LogP contribution in [0.25, 0.3) is 0 Å². The molecule has 3 atom stereocenters. The first-order valence-corrected chi connectivity index (χ1v) is 8.67. The SMILES string of the molecule is CC(C)[C@@H]1C[C@@H]([C@H](I)CC2CCCCC2)OC1=O. The van der Waals surface area contributed by atoms with Crippen molar-refractivity contribution in [3.63, 3.8) is 0 Å². The summed E-state index contributed by atoms with van der Waals surface area (Å²) in [7, 11) is 0. The van der Waals surface area contributed by atoms with Crippen LogP contribution in [0.1, 0.15) is 58.8 Å². The molecule has 1 saturated heterocycles. The van der Waals surface area contributed by atoms with E-state index in [0.717, 1.165) is 12.3 Å². The maximum atomic E-state index is 11.8. The van der Waals surface area contributed by atoms with Crippen LogP contribution in [0.2, 0.25) is 0 Å². The second kappa shape index (κ2) is 6.58. The Morgan fingerprint density at radius 2 is 1.94 bits per heavy atom. The molecule has 2 rings (SSSR count). The van der Waals surface area contributed by atoms with Crippen molar-refractivity contribution in [1.82, 2.24) is 0 Å². The number of hydrogen-bond donors (Lipinski definition) is 0. The number of hydrogen-bond acceptors (Lipinski definition) is 2. The predicted molar refractivity (Wildman–Crippen MR) is 81.8 cm³/mol. The van der Waals surface area contributed by atoms with Crippen molar-refractivity contribution in [2.24, 2.45) is 17.8 Å². The zero-order valence-corrected chi connectivity index (χ0v) is 13.7. The van der Waals surface area contributed by atoms with Crippen LogP contribution in [-0.4, -0.2) is 16.0 Å². The molecule has 0 unspecified atom stereocenters. The fourth-order valence-corrected chi connectivity index (χ4v) is 4.45. The number of cyclic esters (lactones) is 1. The van der Waals surface area contributed by atoms with Gasteiger partial charge in [-0.25, -0.2) is 0 Å². The molecule has 0 aromatic rings. The van der Waals surface area contributed by atoms with Crippen LogP contribution in [0.15, 0.2) is 0 Å². The van der Waals surface area contributed by atoms with Gasteiger partial charge in [-0.1, -0.05) is 68.5 Å². The van der Waals surface area contributed by atoms with Gasteiger partial charge < -0.3 is 4.74 Å². The molecule has 0 bridgehead atoms. The molecule has 0 N–H and O–H groups in total. The Morgan fingerprint density at radius 1 is 1.28 bits per heavy atom. The molecule has 0 spiro atoms. The lowest BCUT2D eigenvalue weighted by Crippen LogP contribution is -2.24. The van der Waals surface area contributed by atoms with Crippen molar-refractivity contribution in [3.8, 4) is 0 Å². The van der Waals surface area contributed by atoms with E-state index >= 15 is 0 Å². The average molecular weight is 364 g/mol. The zero-order valence-electron chi connectivity index (χ0n) is 11.5. The van der Waals surface area contributed by atoms with Gasteiger partial charge in [-0.3, -0.25) is 4.79 Å². The van der Waals surface area contributed by atoms with Gasteiger partial charge in [-0.2, -0.15) is 0 Å². The summed E-state index contributed by atoms with van der Waals surface area (Å²) < 4.78 is 6.10. The summed E-state index contributed by atoms with van der Waals surface area (Å²) in [5.41, 5.74) is 0. The Labute approximate surface area is 124 Å². The lowest BCUT2D eigenvalue weighted by molar-refractivity contribution is -0.145. The van der Waals surface area contributed by atoms with Crippen LogP contribution in [0.5, 0.6) is 0 Å². The standard InChI is InChI=1S/C15H25IO2/c1-10(2)12-9-14(18-15(12)17)13(16)8-11-6-4-3-5-7-11/h10-14H,3-9H2,1-2H3/t12-,13+,14-/m0/s1. The van der Waals surface area contributed by atoms with Crippen molar-refractivity contribution < 1.29 is 9.53 Å². The van der Waals surface area contributed by atoms with Crippen molar-refractivity contribution in [3.05, 3.63) is 0 Å². The lowest BCUT2D eigenvalue weighted by atomic mass is 9.84. The Kier molecular flexibility index (Phi) is 5.34. The van der Waals surface area contributed by atoms with E-state index < -0.39 is 0 Å². The quantitative estimate of drug-likeness (QED) is 0.421. The van der Waals surface area contributed by atoms with Crippen LogP contribution in [0.4, 0.5) is 0 Å². The maximum Gasteiger partial charge on any atom is 0.309 e. The van der Waals surface area contributed by atoms with Gasteiger partial charge in [0.05, 0.1) is 5.92 Å². The van der Waals surface area contributed by atoms with Gasteiger partial charge in [-0.15, -0.1) is 0 Å². The molecule has 0 aromatic heterocycles. The highest BCUT2D eigenvalue weighted by atomic mass is 127. The summed E-state index contributed by atoms with van der Waals surface area (Å²) in [6.07, 6.45) is 9.32. The van der Waals surface area contributed by atoms with Crippen molar-refractivity contribution >= 4 is 28.6 Å². The topological polar surface area (TPSA) is 26.3 Å². The summed E-state index contributed by atoms with van der Waals surface area (Å²) in [5.74, 6) is 1.47. The van der Waals surface area contributed by atoms with Crippen molar-refractivity contribution in [2.75, 3.05) is 0 Å². The minimum Gasteiger partial charge on any atom is -0.461 e. The summed E-state index contributed by atoms with van der Waals surface area (Å²) in [4.78, 5) is 11.8. The molecule has 2 fully saturated rings. The van der Waals surface area contributed by atoms with Crippen LogP contribution in [-0.2, 0) is 9.53 Å². The molecule has 3 heteroatoms. The number of ether oxygens (including phenoxy) is 1. The lowest BCUT2D eigenvalue weighted by Gasteiger charge is -2.26. The predicted octanol–water partition coefficient (Wildman–Crippen LogP) is 4.35. The molecule has 1 aliphatic heterocycles. The minimum absolute atomic E-state index is 0.0420. The zero-order chi connectivity index (χ0) is 13.1. The van der Waals surface area contributed by atoms with E-state index in [1.54, 1.807) is 0 Å². The number of halogens is 1. The van der Waals surface area contributed by atoms with Gasteiger partial charge >= 0.3 is 5.97 Å². The number of carbonyl (C=O) groups excluding carboxylic acids is 1. The first-order chi connectivity index (χ1) is 8.58. The number of carbonyl (C=O) groups is 1. The average Bonchev–Trinajstić information content (AvgIpc) is 2.73. The first kappa shape index (κ1) is 14.6. The second-order valence-electron chi connectivity index (χ2n) is 6.32. The number of esters is 1. The van der Waals surface area contributed by atoms with Crippen LogP contribution in [0.3, 0.4) is 0 Å².